The number of ether oxygens (including phenoxy) is 4. The summed E-state index contributed by atoms with van der Waals surface area (Å²) in [5, 5.41) is 10.9. The number of rotatable bonds is 8. The van der Waals surface area contributed by atoms with Crippen molar-refractivity contribution in [3.63, 3.8) is 0 Å². The second-order valence-electron chi connectivity index (χ2n) is 13.0. The van der Waals surface area contributed by atoms with Crippen molar-refractivity contribution < 1.29 is 23.7 Å². The topological polar surface area (TPSA) is 98.8 Å². The lowest BCUT2D eigenvalue weighted by Crippen LogP contribution is -2.42. The van der Waals surface area contributed by atoms with Crippen LogP contribution in [0.1, 0.15) is 64.0 Å². The van der Waals surface area contributed by atoms with Crippen LogP contribution in [-0.2, 0) is 20.9 Å². The largest absolute Gasteiger partial charge is 0.486 e. The number of likely N-dealkylation sites (tertiary alicyclic amines) is 1. The van der Waals surface area contributed by atoms with Crippen LogP contribution in [0.2, 0.25) is 25.7 Å². The van der Waals surface area contributed by atoms with Crippen molar-refractivity contribution >= 4 is 25.2 Å². The van der Waals surface area contributed by atoms with Crippen LogP contribution in [0.25, 0.3) is 11.0 Å². The van der Waals surface area contributed by atoms with Gasteiger partial charge in [0, 0.05) is 47.1 Å². The molecule has 0 saturated carbocycles. The number of pyridine rings is 1. The van der Waals surface area contributed by atoms with Gasteiger partial charge in [0.05, 0.1) is 17.6 Å². The van der Waals surface area contributed by atoms with Gasteiger partial charge in [0.25, 0.3) is 0 Å². The number of fused-ring (bicyclic) bond motifs is 1. The minimum atomic E-state index is -1.20. The number of aromatic nitrogens is 2. The van der Waals surface area contributed by atoms with Crippen molar-refractivity contribution in [2.75, 3.05) is 26.4 Å². The minimum absolute atomic E-state index is 0.201. The molecule has 2 fully saturated rings. The average molecular weight is 557 g/mol. The summed E-state index contributed by atoms with van der Waals surface area (Å²) in [6, 6.07) is 3.19. The van der Waals surface area contributed by atoms with Gasteiger partial charge in [-0.25, -0.2) is 9.78 Å². The Morgan fingerprint density at radius 2 is 1.95 bits per heavy atom. The molecule has 0 aromatic carbocycles. The van der Waals surface area contributed by atoms with E-state index in [0.717, 1.165) is 35.5 Å². The van der Waals surface area contributed by atoms with E-state index in [1.54, 1.807) is 11.1 Å². The van der Waals surface area contributed by atoms with Gasteiger partial charge in [-0.15, -0.1) is 0 Å². The number of hydrogen-bond donors (Lipinski definition) is 0. The van der Waals surface area contributed by atoms with Gasteiger partial charge in [0.15, 0.2) is 0 Å². The van der Waals surface area contributed by atoms with Crippen LogP contribution < -0.4 is 4.74 Å². The van der Waals surface area contributed by atoms with E-state index in [1.165, 1.54) is 0 Å². The molecular weight excluding hydrogens is 512 g/mol. The number of hydrogen-bond acceptors (Lipinski definition) is 7. The summed E-state index contributed by atoms with van der Waals surface area (Å²) in [5.74, 6) is 0.828. The number of amides is 1. The predicted molar refractivity (Wildman–Crippen MR) is 153 cm³/mol. The number of nitriles is 1. The fourth-order valence-electron chi connectivity index (χ4n) is 5.22. The molecule has 2 aliphatic rings. The molecule has 10 heteroatoms. The second kappa shape index (κ2) is 11.9. The summed E-state index contributed by atoms with van der Waals surface area (Å²) in [6.07, 6.45) is 5.56. The molecule has 39 heavy (non-hydrogen) atoms. The van der Waals surface area contributed by atoms with Crippen molar-refractivity contribution in [3.8, 4) is 11.8 Å². The molecule has 214 valence electrons. The quantitative estimate of drug-likeness (QED) is 0.295. The lowest BCUT2D eigenvalue weighted by Gasteiger charge is -2.29. The lowest BCUT2D eigenvalue weighted by molar-refractivity contribution is 0.0193. The zero-order chi connectivity index (χ0) is 28.4. The number of nitrogens with zero attached hydrogens (tertiary/aromatic N) is 4. The fourth-order valence-corrected chi connectivity index (χ4v) is 5.97. The Morgan fingerprint density at radius 3 is 2.59 bits per heavy atom. The van der Waals surface area contributed by atoms with E-state index in [0.29, 0.717) is 50.8 Å². The van der Waals surface area contributed by atoms with Crippen molar-refractivity contribution in [3.05, 3.63) is 23.5 Å². The number of carbonyl (C=O) groups excluding carboxylic acids is 1. The van der Waals surface area contributed by atoms with E-state index in [-0.39, 0.29) is 24.2 Å². The van der Waals surface area contributed by atoms with E-state index < -0.39 is 13.7 Å². The van der Waals surface area contributed by atoms with Gasteiger partial charge in [-0.1, -0.05) is 19.6 Å². The van der Waals surface area contributed by atoms with Gasteiger partial charge >= 0.3 is 6.09 Å². The maximum absolute atomic E-state index is 12.8. The highest BCUT2D eigenvalue weighted by Crippen LogP contribution is 2.41. The van der Waals surface area contributed by atoms with Crippen LogP contribution in [0.4, 0.5) is 4.79 Å². The Hall–Kier alpha value is -2.61. The van der Waals surface area contributed by atoms with E-state index in [2.05, 4.69) is 31.9 Å². The highest BCUT2D eigenvalue weighted by Gasteiger charge is 2.39. The Balaban J connectivity index is 1.66. The van der Waals surface area contributed by atoms with Gasteiger partial charge in [0.2, 0.25) is 0 Å². The summed E-state index contributed by atoms with van der Waals surface area (Å²) in [5.41, 5.74) is 1.71. The first-order chi connectivity index (χ1) is 18.4. The first-order valence-corrected chi connectivity index (χ1v) is 17.8. The molecule has 2 aromatic rings. The fraction of sp³-hybridized carbons (Fsp3) is 0.690. The Labute approximate surface area is 233 Å². The summed E-state index contributed by atoms with van der Waals surface area (Å²) >= 11 is 0. The monoisotopic (exact) mass is 556 g/mol. The second-order valence-corrected chi connectivity index (χ2v) is 18.6. The maximum atomic E-state index is 12.8. The standard InChI is InChI=1S/C29H44N4O5Si/c1-20-24(8-11-33(20)28(34)38-29(2,3)4)37-26-22(16-30)17-31-27-25(26)23(21-9-12-35-13-10-21)18-32(27)19-36-14-15-39(5,6)7/h17-18,20-21,24H,8-15,19H2,1-7H3/t20-,24-/m1/s1. The van der Waals surface area contributed by atoms with Gasteiger partial charge < -0.3 is 28.4 Å². The predicted octanol–water partition coefficient (Wildman–Crippen LogP) is 5.89. The van der Waals surface area contributed by atoms with Gasteiger partial charge in [-0.3, -0.25) is 0 Å². The van der Waals surface area contributed by atoms with Crippen LogP contribution in [0.15, 0.2) is 12.4 Å². The Kier molecular flexibility index (Phi) is 8.94. The third-order valence-corrected chi connectivity index (χ3v) is 9.16. The van der Waals surface area contributed by atoms with Crippen LogP contribution >= 0.6 is 0 Å². The van der Waals surface area contributed by atoms with Gasteiger partial charge in [-0.2, -0.15) is 5.26 Å². The van der Waals surface area contributed by atoms with Crippen LogP contribution in [0, 0.1) is 11.3 Å². The summed E-state index contributed by atoms with van der Waals surface area (Å²) in [6.45, 7) is 17.6. The molecule has 2 aromatic heterocycles. The van der Waals surface area contributed by atoms with Gasteiger partial charge in [0.1, 0.15) is 41.5 Å². The van der Waals surface area contributed by atoms with Crippen molar-refractivity contribution in [1.82, 2.24) is 14.5 Å². The van der Waals surface area contributed by atoms with E-state index in [9.17, 15) is 10.1 Å². The van der Waals surface area contributed by atoms with Crippen LogP contribution in [0.3, 0.4) is 0 Å². The van der Waals surface area contributed by atoms with Crippen molar-refractivity contribution in [1.29, 1.82) is 5.26 Å². The lowest BCUT2D eigenvalue weighted by atomic mass is 9.91. The van der Waals surface area contributed by atoms with E-state index in [1.807, 2.05) is 32.3 Å². The molecule has 0 bridgehead atoms. The molecule has 2 saturated heterocycles. The van der Waals surface area contributed by atoms with Crippen LogP contribution in [-0.4, -0.2) is 72.7 Å². The normalized spacial score (nSPS) is 20.8. The molecule has 0 spiro atoms. The maximum Gasteiger partial charge on any atom is 0.410 e. The molecular formula is C29H44N4O5Si. The summed E-state index contributed by atoms with van der Waals surface area (Å²) in [7, 11) is -1.20. The summed E-state index contributed by atoms with van der Waals surface area (Å²) in [4.78, 5) is 19.2. The zero-order valence-electron chi connectivity index (χ0n) is 24.6. The van der Waals surface area contributed by atoms with E-state index >= 15 is 0 Å². The highest BCUT2D eigenvalue weighted by atomic mass is 28.3. The molecule has 0 unspecified atom stereocenters. The Morgan fingerprint density at radius 1 is 1.23 bits per heavy atom. The minimum Gasteiger partial charge on any atom is -0.486 e. The molecule has 2 atom stereocenters. The summed E-state index contributed by atoms with van der Waals surface area (Å²) < 4.78 is 26.1. The average Bonchev–Trinajstić information content (AvgIpc) is 3.41. The first kappa shape index (κ1) is 29.4. The molecule has 2 aliphatic heterocycles. The Bertz CT molecular complexity index is 1200. The van der Waals surface area contributed by atoms with Gasteiger partial charge in [-0.05, 0) is 58.1 Å². The van der Waals surface area contributed by atoms with Crippen molar-refractivity contribution in [2.45, 2.75) is 103 Å². The first-order valence-electron chi connectivity index (χ1n) is 14.1. The highest BCUT2D eigenvalue weighted by molar-refractivity contribution is 6.76. The molecule has 0 radical (unpaired) electrons. The molecule has 0 N–H and O–H groups in total. The third kappa shape index (κ3) is 7.13. The molecule has 4 heterocycles. The smallest absolute Gasteiger partial charge is 0.410 e. The number of carbonyl (C=O) groups is 1. The SMILES string of the molecule is C[C@@H]1[C@H](Oc2c(C#N)cnc3c2c(C2CCOCC2)cn3COCC[Si](C)(C)C)CCN1C(=O)OC(C)(C)C. The molecule has 0 aliphatic carbocycles. The molecule has 1 amide bonds. The van der Waals surface area contributed by atoms with E-state index in [4.69, 9.17) is 23.9 Å². The van der Waals surface area contributed by atoms with Crippen molar-refractivity contribution in [2.24, 2.45) is 0 Å². The molecule has 4 rings (SSSR count). The third-order valence-electron chi connectivity index (χ3n) is 7.46. The molecule has 9 nitrogen and oxygen atoms in total. The zero-order valence-corrected chi connectivity index (χ0v) is 25.6. The van der Waals surface area contributed by atoms with Crippen LogP contribution in [0.5, 0.6) is 5.75 Å².